The van der Waals surface area contributed by atoms with E-state index in [1.165, 1.54) is 39.5 Å². The zero-order valence-corrected chi connectivity index (χ0v) is 17.7. The molecule has 2 atom stereocenters. The molecule has 1 heterocycles. The Morgan fingerprint density at radius 3 is 1.82 bits per heavy atom. The van der Waals surface area contributed by atoms with E-state index in [0.29, 0.717) is 12.1 Å². The Morgan fingerprint density at radius 2 is 1.25 bits per heavy atom. The number of hydrogen-bond acceptors (Lipinski definition) is 1. The Labute approximate surface area is 172 Å². The van der Waals surface area contributed by atoms with E-state index in [9.17, 15) is 0 Å². The van der Waals surface area contributed by atoms with Gasteiger partial charge < -0.3 is 0 Å². The number of hydrogen-bond donors (Lipinski definition) is 0. The summed E-state index contributed by atoms with van der Waals surface area (Å²) in [4.78, 5) is 6.86. The molecule has 0 amide bonds. The fourth-order valence-electron chi connectivity index (χ4n) is 4.29. The van der Waals surface area contributed by atoms with Gasteiger partial charge in [0.25, 0.3) is 0 Å². The van der Waals surface area contributed by atoms with Gasteiger partial charge in [0.05, 0.1) is 10.9 Å². The van der Waals surface area contributed by atoms with E-state index in [1.807, 2.05) is 0 Å². The largest absolute Gasteiger partial charge is 0.294 e. The summed E-state index contributed by atoms with van der Waals surface area (Å²) in [7, 11) is -0.0675. The summed E-state index contributed by atoms with van der Waals surface area (Å²) >= 11 is 0. The van der Waals surface area contributed by atoms with Crippen molar-refractivity contribution in [2.45, 2.75) is 66.4 Å². The van der Waals surface area contributed by atoms with Gasteiger partial charge in [-0.3, -0.25) is 4.90 Å². The standard InChI is InChI=1S/C26H30NS/c1-21-11-9-12-22(2)27(21)20-23-13-10-18-26(19-23)28(24-14-5-3-6-15-24)25-16-7-4-8-17-25/h3-8,10,13-19,21-22H,9,11-12,20H2,1-2H3/q+1. The van der Waals surface area contributed by atoms with Gasteiger partial charge >= 0.3 is 0 Å². The SMILES string of the molecule is CC1CCCC(C)N1Cc1cccc([S+](c2ccccc2)c2ccccc2)c1. The number of likely N-dealkylation sites (tertiary alicyclic amines) is 1. The summed E-state index contributed by atoms with van der Waals surface area (Å²) in [6.07, 6.45) is 4.01. The second-order valence-corrected chi connectivity index (χ2v) is 9.91. The van der Waals surface area contributed by atoms with E-state index in [-0.39, 0.29) is 10.9 Å². The van der Waals surface area contributed by atoms with Crippen molar-refractivity contribution in [2.75, 3.05) is 0 Å². The maximum absolute atomic E-state index is 2.69. The summed E-state index contributed by atoms with van der Waals surface area (Å²) in [5.41, 5.74) is 1.43. The first kappa shape index (κ1) is 19.3. The quantitative estimate of drug-likeness (QED) is 0.448. The van der Waals surface area contributed by atoms with E-state index in [1.54, 1.807) is 0 Å². The minimum atomic E-state index is -0.0675. The van der Waals surface area contributed by atoms with E-state index in [0.717, 1.165) is 6.54 Å². The van der Waals surface area contributed by atoms with Gasteiger partial charge in [0.15, 0.2) is 14.7 Å². The van der Waals surface area contributed by atoms with Gasteiger partial charge in [-0.15, -0.1) is 0 Å². The molecule has 0 bridgehead atoms. The highest BCUT2D eigenvalue weighted by molar-refractivity contribution is 7.97. The van der Waals surface area contributed by atoms with Crippen LogP contribution in [0.25, 0.3) is 0 Å². The topological polar surface area (TPSA) is 3.24 Å². The van der Waals surface area contributed by atoms with Gasteiger partial charge in [0, 0.05) is 18.6 Å². The van der Waals surface area contributed by atoms with E-state index >= 15 is 0 Å². The maximum Gasteiger partial charge on any atom is 0.166 e. The molecule has 1 fully saturated rings. The first-order valence-electron chi connectivity index (χ1n) is 10.4. The molecule has 3 aromatic carbocycles. The lowest BCUT2D eigenvalue weighted by Crippen LogP contribution is -2.42. The molecule has 144 valence electrons. The summed E-state index contributed by atoms with van der Waals surface area (Å²) < 4.78 is 0. The highest BCUT2D eigenvalue weighted by Crippen LogP contribution is 2.32. The molecule has 1 nitrogen and oxygen atoms in total. The zero-order chi connectivity index (χ0) is 19.3. The van der Waals surface area contributed by atoms with Crippen molar-refractivity contribution in [2.24, 2.45) is 0 Å². The lowest BCUT2D eigenvalue weighted by molar-refractivity contribution is 0.0952. The van der Waals surface area contributed by atoms with Gasteiger partial charge in [-0.2, -0.15) is 0 Å². The molecule has 0 aliphatic carbocycles. The second kappa shape index (κ2) is 8.98. The first-order valence-corrected chi connectivity index (χ1v) is 11.6. The van der Waals surface area contributed by atoms with Crippen LogP contribution in [-0.2, 0) is 17.4 Å². The van der Waals surface area contributed by atoms with Crippen molar-refractivity contribution in [3.05, 3.63) is 90.5 Å². The molecule has 28 heavy (non-hydrogen) atoms. The van der Waals surface area contributed by atoms with Gasteiger partial charge in [0.1, 0.15) is 0 Å². The van der Waals surface area contributed by atoms with Crippen LogP contribution in [-0.4, -0.2) is 17.0 Å². The van der Waals surface area contributed by atoms with Crippen molar-refractivity contribution < 1.29 is 0 Å². The van der Waals surface area contributed by atoms with Crippen LogP contribution >= 0.6 is 0 Å². The van der Waals surface area contributed by atoms with E-state index in [4.69, 9.17) is 0 Å². The van der Waals surface area contributed by atoms with Crippen LogP contribution in [0.15, 0.2) is 99.6 Å². The minimum Gasteiger partial charge on any atom is -0.294 e. The van der Waals surface area contributed by atoms with E-state index in [2.05, 4.69) is 104 Å². The Morgan fingerprint density at radius 1 is 0.714 bits per heavy atom. The van der Waals surface area contributed by atoms with Gasteiger partial charge in [-0.1, -0.05) is 55.0 Å². The molecule has 1 aliphatic heterocycles. The number of nitrogens with zero attached hydrogens (tertiary/aromatic N) is 1. The van der Waals surface area contributed by atoms with Crippen LogP contribution in [0.5, 0.6) is 0 Å². The average molecular weight is 389 g/mol. The molecule has 3 aromatic rings. The monoisotopic (exact) mass is 388 g/mol. The van der Waals surface area contributed by atoms with Crippen LogP contribution in [0.1, 0.15) is 38.7 Å². The second-order valence-electron chi connectivity index (χ2n) is 7.88. The number of benzene rings is 3. The summed E-state index contributed by atoms with van der Waals surface area (Å²) in [6, 6.07) is 32.5. The average Bonchev–Trinajstić information content (AvgIpc) is 2.73. The van der Waals surface area contributed by atoms with Crippen molar-refractivity contribution in [1.29, 1.82) is 0 Å². The van der Waals surface area contributed by atoms with Gasteiger partial charge in [0.2, 0.25) is 0 Å². The maximum atomic E-state index is 2.69. The summed E-state index contributed by atoms with van der Waals surface area (Å²) in [5.74, 6) is 0. The van der Waals surface area contributed by atoms with Crippen molar-refractivity contribution in [3.63, 3.8) is 0 Å². The molecule has 4 rings (SSSR count). The van der Waals surface area contributed by atoms with Crippen molar-refractivity contribution in [1.82, 2.24) is 4.90 Å². The first-order chi connectivity index (χ1) is 13.7. The molecule has 0 radical (unpaired) electrons. The summed E-state index contributed by atoms with van der Waals surface area (Å²) in [6.45, 7) is 5.83. The molecule has 0 aromatic heterocycles. The Hall–Kier alpha value is -2.03. The minimum absolute atomic E-state index is 0.0675. The third-order valence-electron chi connectivity index (χ3n) is 5.83. The lowest BCUT2D eigenvalue weighted by Gasteiger charge is -2.39. The molecule has 0 saturated carbocycles. The van der Waals surface area contributed by atoms with Crippen molar-refractivity contribution in [3.8, 4) is 0 Å². The van der Waals surface area contributed by atoms with Crippen molar-refractivity contribution >= 4 is 10.9 Å². The Bertz CT molecular complexity index is 828. The fourth-order valence-corrected chi connectivity index (χ4v) is 6.45. The highest BCUT2D eigenvalue weighted by atomic mass is 32.2. The van der Waals surface area contributed by atoms with Gasteiger partial charge in [-0.05, 0) is 68.7 Å². The third kappa shape index (κ3) is 4.34. The molecular weight excluding hydrogens is 358 g/mol. The predicted molar refractivity (Wildman–Crippen MR) is 120 cm³/mol. The smallest absolute Gasteiger partial charge is 0.166 e. The Balaban J connectivity index is 1.67. The summed E-state index contributed by atoms with van der Waals surface area (Å²) in [5, 5.41) is 0. The van der Waals surface area contributed by atoms with Crippen LogP contribution in [0, 0.1) is 0 Å². The third-order valence-corrected chi connectivity index (χ3v) is 8.05. The molecule has 2 heteroatoms. The molecule has 0 spiro atoms. The lowest BCUT2D eigenvalue weighted by atomic mass is 9.97. The normalized spacial score (nSPS) is 20.4. The van der Waals surface area contributed by atoms with Gasteiger partial charge in [-0.25, -0.2) is 0 Å². The molecule has 1 aliphatic rings. The molecule has 2 unspecified atom stereocenters. The van der Waals surface area contributed by atoms with E-state index < -0.39 is 0 Å². The Kier molecular flexibility index (Phi) is 6.19. The van der Waals surface area contributed by atoms with Crippen LogP contribution in [0.4, 0.5) is 0 Å². The van der Waals surface area contributed by atoms with Crippen LogP contribution < -0.4 is 0 Å². The molecule has 0 N–H and O–H groups in total. The number of piperidine rings is 1. The zero-order valence-electron chi connectivity index (χ0n) is 16.9. The van der Waals surface area contributed by atoms with Crippen LogP contribution in [0.2, 0.25) is 0 Å². The molecular formula is C26H30NS+. The number of rotatable bonds is 5. The van der Waals surface area contributed by atoms with Crippen LogP contribution in [0.3, 0.4) is 0 Å². The molecule has 1 saturated heterocycles. The highest BCUT2D eigenvalue weighted by Gasteiger charge is 2.29. The fraction of sp³-hybridized carbons (Fsp3) is 0.308. The predicted octanol–water partition coefficient (Wildman–Crippen LogP) is 6.54.